The van der Waals surface area contributed by atoms with Gasteiger partial charge in [-0.05, 0) is 38.0 Å². The van der Waals surface area contributed by atoms with E-state index in [0.29, 0.717) is 17.6 Å². The Kier molecular flexibility index (Phi) is 3.01. The first-order valence-electron chi connectivity index (χ1n) is 9.02. The molecule has 1 aromatic carbocycles. The summed E-state index contributed by atoms with van der Waals surface area (Å²) in [5, 5.41) is 0. The van der Waals surface area contributed by atoms with Gasteiger partial charge in [0.15, 0.2) is 0 Å². The summed E-state index contributed by atoms with van der Waals surface area (Å²) in [6.07, 6.45) is 9.03. The normalized spacial score (nSPS) is 35.3. The van der Waals surface area contributed by atoms with Crippen LogP contribution in [0, 0.1) is 17.8 Å². The Morgan fingerprint density at radius 3 is 2.74 bits per heavy atom. The van der Waals surface area contributed by atoms with Gasteiger partial charge in [-0.1, -0.05) is 42.0 Å². The molecule has 23 heavy (non-hydrogen) atoms. The van der Waals surface area contributed by atoms with Gasteiger partial charge in [-0.2, -0.15) is 0 Å². The fourth-order valence-corrected chi connectivity index (χ4v) is 5.34. The van der Waals surface area contributed by atoms with Crippen LogP contribution in [-0.4, -0.2) is 11.9 Å². The Bertz CT molecular complexity index is 713. The zero-order valence-corrected chi connectivity index (χ0v) is 13.3. The molecule has 2 nitrogen and oxygen atoms in total. The van der Waals surface area contributed by atoms with Crippen molar-refractivity contribution in [3.8, 4) is 0 Å². The van der Waals surface area contributed by atoms with E-state index in [1.807, 2.05) is 0 Å². The number of benzene rings is 1. The summed E-state index contributed by atoms with van der Waals surface area (Å²) in [7, 11) is 0. The van der Waals surface area contributed by atoms with Crippen LogP contribution in [0.5, 0.6) is 0 Å². The van der Waals surface area contributed by atoms with E-state index in [2.05, 4.69) is 36.4 Å². The van der Waals surface area contributed by atoms with Crippen LogP contribution in [0.2, 0.25) is 0 Å². The molecular weight excluding hydrogens is 284 g/mol. The maximum absolute atomic E-state index is 12.6. The number of fused-ring (bicyclic) bond motifs is 2. The van der Waals surface area contributed by atoms with Gasteiger partial charge < -0.3 is 4.74 Å². The smallest absolute Gasteiger partial charge is 0.140 e. The van der Waals surface area contributed by atoms with E-state index in [4.69, 9.17) is 4.74 Å². The highest BCUT2D eigenvalue weighted by Crippen LogP contribution is 2.55. The summed E-state index contributed by atoms with van der Waals surface area (Å²) in [5.74, 6) is 2.68. The predicted molar refractivity (Wildman–Crippen MR) is 89.5 cm³/mol. The van der Waals surface area contributed by atoms with E-state index in [-0.39, 0.29) is 12.0 Å². The van der Waals surface area contributed by atoms with E-state index in [0.717, 1.165) is 31.4 Å². The van der Waals surface area contributed by atoms with Gasteiger partial charge in [0.25, 0.3) is 0 Å². The molecule has 0 N–H and O–H groups in total. The lowest BCUT2D eigenvalue weighted by molar-refractivity contribution is -0.126. The van der Waals surface area contributed by atoms with E-state index < -0.39 is 0 Å². The third-order valence-electron chi connectivity index (χ3n) is 6.22. The number of rotatable bonds is 1. The van der Waals surface area contributed by atoms with Gasteiger partial charge in [0.05, 0.1) is 0 Å². The molecule has 0 spiro atoms. The zero-order chi connectivity index (χ0) is 15.4. The summed E-state index contributed by atoms with van der Waals surface area (Å²) in [5.41, 5.74) is 3.96. The van der Waals surface area contributed by atoms with E-state index in [1.165, 1.54) is 29.6 Å². The zero-order valence-electron chi connectivity index (χ0n) is 13.3. The lowest BCUT2D eigenvalue weighted by Crippen LogP contribution is -2.42. The molecule has 4 atom stereocenters. The quantitative estimate of drug-likeness (QED) is 0.762. The molecule has 0 aromatic heterocycles. The fraction of sp³-hybridized carbons (Fsp3) is 0.476. The van der Waals surface area contributed by atoms with Crippen molar-refractivity contribution < 1.29 is 9.53 Å². The number of Topliss-reactive ketones (excluding diaryl/α,β-unsaturated/α-hetero) is 1. The molecule has 5 rings (SSSR count). The Labute approximate surface area is 137 Å². The third kappa shape index (κ3) is 1.97. The molecule has 2 fully saturated rings. The molecule has 0 radical (unpaired) electrons. The maximum Gasteiger partial charge on any atom is 0.140 e. The minimum Gasteiger partial charge on any atom is -0.489 e. The van der Waals surface area contributed by atoms with Crippen molar-refractivity contribution in [2.24, 2.45) is 17.8 Å². The summed E-state index contributed by atoms with van der Waals surface area (Å²) < 4.78 is 6.43. The summed E-state index contributed by atoms with van der Waals surface area (Å²) in [6.45, 7) is 0. The molecule has 4 aliphatic rings. The molecule has 0 saturated heterocycles. The Balaban J connectivity index is 1.67. The van der Waals surface area contributed by atoms with Gasteiger partial charge in [0.2, 0.25) is 0 Å². The van der Waals surface area contributed by atoms with Crippen LogP contribution in [0.25, 0.3) is 5.76 Å². The van der Waals surface area contributed by atoms with Crippen LogP contribution >= 0.6 is 0 Å². The number of hydrogen-bond donors (Lipinski definition) is 0. The summed E-state index contributed by atoms with van der Waals surface area (Å²) in [4.78, 5) is 12.6. The Morgan fingerprint density at radius 2 is 1.87 bits per heavy atom. The molecule has 1 aliphatic heterocycles. The third-order valence-corrected chi connectivity index (χ3v) is 6.22. The van der Waals surface area contributed by atoms with Crippen molar-refractivity contribution in [3.63, 3.8) is 0 Å². The monoisotopic (exact) mass is 306 g/mol. The highest BCUT2D eigenvalue weighted by Gasteiger charge is 2.51. The summed E-state index contributed by atoms with van der Waals surface area (Å²) >= 11 is 0. The van der Waals surface area contributed by atoms with Gasteiger partial charge in [-0.3, -0.25) is 4.79 Å². The average Bonchev–Trinajstić information content (AvgIpc) is 2.96. The second-order valence-corrected chi connectivity index (χ2v) is 7.44. The number of ketones is 1. The maximum atomic E-state index is 12.6. The Morgan fingerprint density at radius 1 is 1.00 bits per heavy atom. The van der Waals surface area contributed by atoms with E-state index >= 15 is 0 Å². The molecule has 1 aromatic rings. The van der Waals surface area contributed by atoms with Crippen molar-refractivity contribution >= 4 is 11.5 Å². The van der Waals surface area contributed by atoms with Crippen molar-refractivity contribution in [1.82, 2.24) is 0 Å². The highest BCUT2D eigenvalue weighted by molar-refractivity contribution is 5.86. The molecule has 2 saturated carbocycles. The van der Waals surface area contributed by atoms with Crippen LogP contribution < -0.4 is 0 Å². The van der Waals surface area contributed by atoms with Gasteiger partial charge in [-0.15, -0.1) is 0 Å². The van der Waals surface area contributed by atoms with Crippen LogP contribution in [0.4, 0.5) is 0 Å². The van der Waals surface area contributed by atoms with Crippen LogP contribution in [0.1, 0.15) is 44.1 Å². The SMILES string of the molecule is O=C1CCCC2=CC3=C(c4ccccc4)O[C@H]4CCC[C@@H]([C@H]12)[C@@H]34. The second-order valence-electron chi connectivity index (χ2n) is 7.44. The lowest BCUT2D eigenvalue weighted by Gasteiger charge is -2.43. The van der Waals surface area contributed by atoms with Crippen LogP contribution in [-0.2, 0) is 9.53 Å². The van der Waals surface area contributed by atoms with Gasteiger partial charge in [0.1, 0.15) is 17.6 Å². The van der Waals surface area contributed by atoms with Crippen molar-refractivity contribution in [2.45, 2.75) is 44.6 Å². The first-order valence-corrected chi connectivity index (χ1v) is 9.02. The first kappa shape index (κ1) is 13.6. The fourth-order valence-electron chi connectivity index (χ4n) is 5.34. The van der Waals surface area contributed by atoms with Crippen molar-refractivity contribution in [2.75, 3.05) is 0 Å². The molecule has 3 aliphatic carbocycles. The molecule has 118 valence electrons. The molecule has 0 unspecified atom stereocenters. The number of carbonyl (C=O) groups is 1. The topological polar surface area (TPSA) is 26.3 Å². The van der Waals surface area contributed by atoms with Gasteiger partial charge >= 0.3 is 0 Å². The van der Waals surface area contributed by atoms with Crippen LogP contribution in [0.3, 0.4) is 0 Å². The van der Waals surface area contributed by atoms with Crippen LogP contribution in [0.15, 0.2) is 47.6 Å². The molecule has 0 amide bonds. The minimum atomic E-state index is 0.194. The van der Waals surface area contributed by atoms with E-state index in [1.54, 1.807) is 0 Å². The average molecular weight is 306 g/mol. The molecule has 2 heteroatoms. The molecule has 1 heterocycles. The predicted octanol–water partition coefficient (Wildman–Crippen LogP) is 4.52. The largest absolute Gasteiger partial charge is 0.489 e. The van der Waals surface area contributed by atoms with Gasteiger partial charge in [-0.25, -0.2) is 0 Å². The number of ether oxygens (including phenoxy) is 1. The Hall–Kier alpha value is -1.83. The standard InChI is InChI=1S/C21H22O2/c22-17-10-4-8-14-12-16-20-15(19(14)17)9-5-11-18(20)23-21(16)13-6-2-1-3-7-13/h1-3,6-7,12,15,18-20H,4-5,8-11H2/t15-,18-,19+,20-/m0/s1. The van der Waals surface area contributed by atoms with Crippen molar-refractivity contribution in [1.29, 1.82) is 0 Å². The number of hydrogen-bond acceptors (Lipinski definition) is 2. The first-order chi connectivity index (χ1) is 11.3. The lowest BCUT2D eigenvalue weighted by atomic mass is 9.59. The van der Waals surface area contributed by atoms with Crippen molar-refractivity contribution in [3.05, 3.63) is 53.1 Å². The molecule has 0 bridgehead atoms. The highest BCUT2D eigenvalue weighted by atomic mass is 16.5. The second kappa shape index (κ2) is 5.09. The van der Waals surface area contributed by atoms with E-state index in [9.17, 15) is 4.79 Å². The molecular formula is C21H22O2. The number of carbonyl (C=O) groups excluding carboxylic acids is 1. The van der Waals surface area contributed by atoms with Gasteiger partial charge in [0, 0.05) is 29.4 Å². The summed E-state index contributed by atoms with van der Waals surface area (Å²) in [6, 6.07) is 10.5. The minimum absolute atomic E-state index is 0.194. The number of allylic oxidation sites excluding steroid dienone is 2.